The highest BCUT2D eigenvalue weighted by atomic mass is 15.1. The van der Waals surface area contributed by atoms with Crippen molar-refractivity contribution in [2.24, 2.45) is 0 Å². The third-order valence-corrected chi connectivity index (χ3v) is 3.29. The Morgan fingerprint density at radius 3 is 2.68 bits per heavy atom. The van der Waals surface area contributed by atoms with Crippen LogP contribution in [0.2, 0.25) is 0 Å². The van der Waals surface area contributed by atoms with Crippen LogP contribution < -0.4 is 5.73 Å². The van der Waals surface area contributed by atoms with Crippen molar-refractivity contribution in [3.8, 4) is 0 Å². The first-order valence-corrected chi connectivity index (χ1v) is 6.29. The first-order valence-electron chi connectivity index (χ1n) is 6.29. The molecule has 5 nitrogen and oxygen atoms in total. The minimum atomic E-state index is 0.209. The van der Waals surface area contributed by atoms with Crippen LogP contribution in [-0.2, 0) is 0 Å². The van der Waals surface area contributed by atoms with Crippen molar-refractivity contribution in [3.05, 3.63) is 48.5 Å². The average Bonchev–Trinajstić information content (AvgIpc) is 2.87. The molecule has 0 fully saturated rings. The summed E-state index contributed by atoms with van der Waals surface area (Å²) in [7, 11) is 0. The first-order chi connectivity index (χ1) is 9.31. The predicted octanol–water partition coefficient (Wildman–Crippen LogP) is 2.41. The second-order valence-electron chi connectivity index (χ2n) is 4.42. The van der Waals surface area contributed by atoms with Gasteiger partial charge in [-0.05, 0) is 12.0 Å². The lowest BCUT2D eigenvalue weighted by molar-refractivity contribution is 0.577. The molecule has 19 heavy (non-hydrogen) atoms. The van der Waals surface area contributed by atoms with E-state index in [1.807, 2.05) is 18.2 Å². The summed E-state index contributed by atoms with van der Waals surface area (Å²) in [5.74, 6) is 0.423. The zero-order chi connectivity index (χ0) is 13.2. The van der Waals surface area contributed by atoms with E-state index >= 15 is 0 Å². The number of aromatic nitrogens is 4. The smallest absolute Gasteiger partial charge is 0.165 e. The van der Waals surface area contributed by atoms with Crippen molar-refractivity contribution < 1.29 is 0 Å². The van der Waals surface area contributed by atoms with Gasteiger partial charge in [0.2, 0.25) is 0 Å². The van der Waals surface area contributed by atoms with E-state index in [1.165, 1.54) is 11.9 Å². The molecule has 3 rings (SSSR count). The molecule has 1 atom stereocenters. The van der Waals surface area contributed by atoms with Gasteiger partial charge in [-0.3, -0.25) is 0 Å². The molecule has 0 saturated carbocycles. The van der Waals surface area contributed by atoms with Crippen molar-refractivity contribution in [2.45, 2.75) is 19.4 Å². The Morgan fingerprint density at radius 2 is 1.95 bits per heavy atom. The molecule has 0 radical (unpaired) electrons. The van der Waals surface area contributed by atoms with Crippen LogP contribution in [0.15, 0.2) is 43.0 Å². The number of nitrogen functional groups attached to an aromatic ring is 1. The Bertz CT molecular complexity index is 689. The highest BCUT2D eigenvalue weighted by Gasteiger charge is 2.16. The van der Waals surface area contributed by atoms with Gasteiger partial charge in [0.1, 0.15) is 11.8 Å². The summed E-state index contributed by atoms with van der Waals surface area (Å²) < 4.78 is 2.06. The number of imidazole rings is 1. The molecule has 0 unspecified atom stereocenters. The topological polar surface area (TPSA) is 69.6 Å². The number of fused-ring (bicyclic) bond motifs is 1. The van der Waals surface area contributed by atoms with Crippen molar-refractivity contribution in [2.75, 3.05) is 5.73 Å². The van der Waals surface area contributed by atoms with Gasteiger partial charge < -0.3 is 10.3 Å². The summed E-state index contributed by atoms with van der Waals surface area (Å²) in [5, 5.41) is 0. The minimum Gasteiger partial charge on any atom is -0.382 e. The minimum absolute atomic E-state index is 0.209. The highest BCUT2D eigenvalue weighted by molar-refractivity contribution is 5.81. The number of hydrogen-bond acceptors (Lipinski definition) is 4. The number of rotatable bonds is 3. The number of nitrogens with two attached hydrogens (primary N) is 1. The van der Waals surface area contributed by atoms with Crippen molar-refractivity contribution >= 4 is 17.0 Å². The van der Waals surface area contributed by atoms with E-state index in [0.29, 0.717) is 11.3 Å². The van der Waals surface area contributed by atoms with Gasteiger partial charge in [0.15, 0.2) is 11.5 Å². The average molecular weight is 253 g/mol. The maximum absolute atomic E-state index is 5.82. The van der Waals surface area contributed by atoms with Crippen LogP contribution in [0.3, 0.4) is 0 Å². The Balaban J connectivity index is 2.15. The van der Waals surface area contributed by atoms with Crippen LogP contribution in [0.25, 0.3) is 11.2 Å². The molecule has 2 heterocycles. The molecular weight excluding hydrogens is 238 g/mol. The third kappa shape index (κ3) is 1.93. The molecule has 0 saturated heterocycles. The van der Waals surface area contributed by atoms with Crippen LogP contribution in [0, 0.1) is 0 Å². The molecule has 96 valence electrons. The summed E-state index contributed by atoms with van der Waals surface area (Å²) >= 11 is 0. The molecule has 2 aromatic heterocycles. The fourth-order valence-corrected chi connectivity index (χ4v) is 2.37. The second-order valence-corrected chi connectivity index (χ2v) is 4.42. The van der Waals surface area contributed by atoms with E-state index in [1.54, 1.807) is 6.33 Å². The van der Waals surface area contributed by atoms with Crippen molar-refractivity contribution in [1.82, 2.24) is 19.5 Å². The summed E-state index contributed by atoms with van der Waals surface area (Å²) in [4.78, 5) is 12.6. The van der Waals surface area contributed by atoms with E-state index in [9.17, 15) is 0 Å². The van der Waals surface area contributed by atoms with Gasteiger partial charge >= 0.3 is 0 Å². The molecule has 3 aromatic rings. The summed E-state index contributed by atoms with van der Waals surface area (Å²) in [6.07, 6.45) is 4.23. The largest absolute Gasteiger partial charge is 0.382 e. The molecule has 0 spiro atoms. The number of anilines is 1. The maximum atomic E-state index is 5.82. The molecular formula is C14H15N5. The number of nitrogens with zero attached hydrogens (tertiary/aromatic N) is 4. The van der Waals surface area contributed by atoms with Crippen molar-refractivity contribution in [1.29, 1.82) is 0 Å². The summed E-state index contributed by atoms with van der Waals surface area (Å²) in [6.45, 7) is 2.15. The van der Waals surface area contributed by atoms with Crippen molar-refractivity contribution in [3.63, 3.8) is 0 Å². The molecule has 2 N–H and O–H groups in total. The van der Waals surface area contributed by atoms with Gasteiger partial charge in [0.25, 0.3) is 0 Å². The van der Waals surface area contributed by atoms with E-state index in [0.717, 1.165) is 12.1 Å². The lowest BCUT2D eigenvalue weighted by Gasteiger charge is -2.17. The Kier molecular flexibility index (Phi) is 2.87. The molecule has 1 aromatic carbocycles. The summed E-state index contributed by atoms with van der Waals surface area (Å²) in [6, 6.07) is 10.5. The fourth-order valence-electron chi connectivity index (χ4n) is 2.37. The van der Waals surface area contributed by atoms with Gasteiger partial charge in [-0.1, -0.05) is 37.3 Å². The van der Waals surface area contributed by atoms with Crippen LogP contribution in [0.5, 0.6) is 0 Å². The highest BCUT2D eigenvalue weighted by Crippen LogP contribution is 2.26. The zero-order valence-corrected chi connectivity index (χ0v) is 10.7. The van der Waals surface area contributed by atoms with Crippen LogP contribution in [-0.4, -0.2) is 19.5 Å². The quantitative estimate of drug-likeness (QED) is 0.778. The predicted molar refractivity (Wildman–Crippen MR) is 74.6 cm³/mol. The third-order valence-electron chi connectivity index (χ3n) is 3.29. The number of benzene rings is 1. The Morgan fingerprint density at radius 1 is 1.16 bits per heavy atom. The van der Waals surface area contributed by atoms with E-state index in [2.05, 4.69) is 38.6 Å². The molecule has 0 amide bonds. The van der Waals surface area contributed by atoms with Gasteiger partial charge in [-0.15, -0.1) is 0 Å². The van der Waals surface area contributed by atoms with E-state index < -0.39 is 0 Å². The SMILES string of the molecule is CC[C@@H](c1ccccc1)n1cnc2c(N)ncnc21. The molecule has 0 bridgehead atoms. The van der Waals surface area contributed by atoms with Crippen LogP contribution in [0.4, 0.5) is 5.82 Å². The first kappa shape index (κ1) is 11.6. The van der Waals surface area contributed by atoms with Gasteiger partial charge in [-0.2, -0.15) is 0 Å². The fraction of sp³-hybridized carbons (Fsp3) is 0.214. The Labute approximate surface area is 111 Å². The van der Waals surface area contributed by atoms with Gasteiger partial charge in [-0.25, -0.2) is 15.0 Å². The number of hydrogen-bond donors (Lipinski definition) is 1. The Hall–Kier alpha value is -2.43. The van der Waals surface area contributed by atoms with Crippen LogP contribution >= 0.6 is 0 Å². The molecule has 5 heteroatoms. The molecule has 0 aliphatic rings. The van der Waals surface area contributed by atoms with Gasteiger partial charge in [0.05, 0.1) is 12.4 Å². The monoisotopic (exact) mass is 253 g/mol. The second kappa shape index (κ2) is 4.68. The standard InChI is InChI=1S/C14H15N5/c1-2-11(10-6-4-3-5-7-10)19-9-18-12-13(15)16-8-17-14(12)19/h3-9,11H,2H2,1H3,(H2,15,16,17)/t11-/m0/s1. The lowest BCUT2D eigenvalue weighted by Crippen LogP contribution is -2.09. The normalized spacial score (nSPS) is 12.7. The maximum Gasteiger partial charge on any atom is 0.165 e. The van der Waals surface area contributed by atoms with Gasteiger partial charge in [0, 0.05) is 0 Å². The summed E-state index contributed by atoms with van der Waals surface area (Å²) in [5.41, 5.74) is 8.50. The molecule has 0 aliphatic carbocycles. The lowest BCUT2D eigenvalue weighted by atomic mass is 10.0. The van der Waals surface area contributed by atoms with E-state index in [4.69, 9.17) is 5.73 Å². The van der Waals surface area contributed by atoms with E-state index in [-0.39, 0.29) is 6.04 Å². The molecule has 0 aliphatic heterocycles. The van der Waals surface area contributed by atoms with Crippen LogP contribution in [0.1, 0.15) is 24.9 Å². The zero-order valence-electron chi connectivity index (χ0n) is 10.7.